The van der Waals surface area contributed by atoms with Gasteiger partial charge in [0.1, 0.15) is 5.54 Å². The Kier molecular flexibility index (Phi) is 7.36. The molecular formula is C32H34N2O6S. The minimum atomic E-state index is -1.79. The van der Waals surface area contributed by atoms with E-state index in [4.69, 9.17) is 0 Å². The average molecular weight is 575 g/mol. The van der Waals surface area contributed by atoms with Crippen molar-refractivity contribution >= 4 is 34.7 Å². The molecule has 41 heavy (non-hydrogen) atoms. The molecule has 1 aromatic heterocycles. The molecule has 214 valence electrons. The third-order valence-corrected chi connectivity index (χ3v) is 9.72. The summed E-state index contributed by atoms with van der Waals surface area (Å²) in [7, 11) is 0. The number of thiophene rings is 1. The number of nitrogens with zero attached hydrogens (tertiary/aromatic N) is 2. The fraction of sp³-hybridized carbons (Fsp3) is 0.406. The first-order valence-corrected chi connectivity index (χ1v) is 14.7. The number of carbonyl (C=O) groups excluding carboxylic acids is 2. The number of carboxylic acids is 1. The minimum Gasteiger partial charge on any atom is -0.479 e. The predicted octanol–water partition coefficient (Wildman–Crippen LogP) is 6.76. The number of benzene rings is 2. The lowest BCUT2D eigenvalue weighted by molar-refractivity contribution is -0.385. The van der Waals surface area contributed by atoms with Crippen LogP contribution in [0.25, 0.3) is 0 Å². The van der Waals surface area contributed by atoms with E-state index in [9.17, 15) is 29.6 Å². The number of ketones is 1. The molecule has 9 heteroatoms. The molecule has 2 heterocycles. The summed E-state index contributed by atoms with van der Waals surface area (Å²) in [5.41, 5.74) is -0.0528. The van der Waals surface area contributed by atoms with Crippen molar-refractivity contribution in [3.8, 4) is 0 Å². The summed E-state index contributed by atoms with van der Waals surface area (Å²) in [5.74, 6) is -4.06. The number of nitro benzene ring substituents is 1. The number of amides is 1. The number of hydrogen-bond acceptors (Lipinski definition) is 6. The Balaban J connectivity index is 1.79. The molecule has 1 aliphatic heterocycles. The van der Waals surface area contributed by atoms with Crippen LogP contribution in [0.3, 0.4) is 0 Å². The molecule has 4 unspecified atom stereocenters. The van der Waals surface area contributed by atoms with Crippen LogP contribution in [-0.2, 0) is 15.0 Å². The summed E-state index contributed by atoms with van der Waals surface area (Å²) >= 11 is 1.26. The molecule has 8 nitrogen and oxygen atoms in total. The molecule has 2 fully saturated rings. The molecule has 2 aliphatic rings. The van der Waals surface area contributed by atoms with E-state index in [2.05, 4.69) is 20.8 Å². The first-order chi connectivity index (χ1) is 19.4. The van der Waals surface area contributed by atoms with Crippen LogP contribution in [0.5, 0.6) is 0 Å². The van der Waals surface area contributed by atoms with Gasteiger partial charge in [0.2, 0.25) is 5.91 Å². The highest BCUT2D eigenvalue weighted by molar-refractivity contribution is 7.12. The molecule has 1 N–H and O–H groups in total. The van der Waals surface area contributed by atoms with Crippen molar-refractivity contribution < 1.29 is 24.4 Å². The molecule has 0 bridgehead atoms. The number of rotatable bonds is 7. The van der Waals surface area contributed by atoms with Crippen LogP contribution in [0, 0.1) is 22.0 Å². The van der Waals surface area contributed by atoms with Gasteiger partial charge in [0.05, 0.1) is 21.8 Å². The van der Waals surface area contributed by atoms with Crippen LogP contribution in [-0.4, -0.2) is 38.1 Å². The zero-order chi connectivity index (χ0) is 29.7. The maximum absolute atomic E-state index is 14.4. The molecule has 5 rings (SSSR count). The molecule has 1 saturated carbocycles. The van der Waals surface area contributed by atoms with Crippen LogP contribution in [0.2, 0.25) is 0 Å². The molecule has 2 aromatic carbocycles. The second-order valence-corrected chi connectivity index (χ2v) is 13.3. The van der Waals surface area contributed by atoms with Gasteiger partial charge in [-0.15, -0.1) is 11.3 Å². The largest absolute Gasteiger partial charge is 0.479 e. The lowest BCUT2D eigenvalue weighted by atomic mass is 9.72. The van der Waals surface area contributed by atoms with E-state index in [1.54, 1.807) is 23.6 Å². The van der Waals surface area contributed by atoms with Crippen LogP contribution >= 0.6 is 11.3 Å². The summed E-state index contributed by atoms with van der Waals surface area (Å²) in [6, 6.07) is 16.0. The van der Waals surface area contributed by atoms with Crippen molar-refractivity contribution in [2.24, 2.45) is 11.8 Å². The lowest BCUT2D eigenvalue weighted by Crippen LogP contribution is -2.56. The van der Waals surface area contributed by atoms with Crippen molar-refractivity contribution in [3.05, 3.63) is 97.7 Å². The Morgan fingerprint density at radius 1 is 1.02 bits per heavy atom. The van der Waals surface area contributed by atoms with Gasteiger partial charge in [0, 0.05) is 24.0 Å². The van der Waals surface area contributed by atoms with Crippen molar-refractivity contribution in [3.63, 3.8) is 0 Å². The first-order valence-electron chi connectivity index (χ1n) is 13.8. The number of carboxylic acid groups (broad SMARTS) is 1. The Labute approximate surface area is 243 Å². The molecule has 1 amide bonds. The summed E-state index contributed by atoms with van der Waals surface area (Å²) in [5, 5.41) is 24.4. The second kappa shape index (κ2) is 10.5. The van der Waals surface area contributed by atoms with Crippen LogP contribution in [0.1, 0.15) is 85.3 Å². The van der Waals surface area contributed by atoms with Crippen LogP contribution in [0.15, 0.2) is 66.0 Å². The topological polar surface area (TPSA) is 118 Å². The third-order valence-electron chi connectivity index (χ3n) is 8.83. The predicted molar refractivity (Wildman–Crippen MR) is 156 cm³/mol. The molecule has 3 aromatic rings. The molecule has 1 aliphatic carbocycles. The average Bonchev–Trinajstić information content (AvgIpc) is 3.52. The summed E-state index contributed by atoms with van der Waals surface area (Å²) in [6.07, 6.45) is 2.15. The highest BCUT2D eigenvalue weighted by atomic mass is 32.1. The zero-order valence-corrected chi connectivity index (χ0v) is 24.4. The van der Waals surface area contributed by atoms with E-state index < -0.39 is 34.3 Å². The number of likely N-dealkylation sites (tertiary alicyclic amines) is 1. The van der Waals surface area contributed by atoms with Gasteiger partial charge in [-0.05, 0) is 53.3 Å². The van der Waals surface area contributed by atoms with Gasteiger partial charge in [-0.25, -0.2) is 4.79 Å². The van der Waals surface area contributed by atoms with E-state index in [-0.39, 0.29) is 28.7 Å². The summed E-state index contributed by atoms with van der Waals surface area (Å²) in [6.45, 7) is 7.78. The number of hydrogen-bond donors (Lipinski definition) is 1. The third kappa shape index (κ3) is 4.86. The van der Waals surface area contributed by atoms with E-state index in [1.807, 2.05) is 24.3 Å². The van der Waals surface area contributed by atoms with Gasteiger partial charge < -0.3 is 10.0 Å². The number of non-ortho nitro benzene ring substituents is 1. The highest BCUT2D eigenvalue weighted by Gasteiger charge is 2.65. The Morgan fingerprint density at radius 2 is 1.71 bits per heavy atom. The zero-order valence-electron chi connectivity index (χ0n) is 23.6. The maximum atomic E-state index is 14.4. The molecule has 4 atom stereocenters. The van der Waals surface area contributed by atoms with Crippen molar-refractivity contribution in [1.29, 1.82) is 0 Å². The van der Waals surface area contributed by atoms with E-state index in [0.29, 0.717) is 28.8 Å². The quantitative estimate of drug-likeness (QED) is 0.189. The molecule has 0 radical (unpaired) electrons. The van der Waals surface area contributed by atoms with E-state index in [1.165, 1.54) is 41.4 Å². The smallest absolute Gasteiger partial charge is 0.330 e. The van der Waals surface area contributed by atoms with Crippen LogP contribution in [0.4, 0.5) is 5.69 Å². The number of nitro groups is 1. The van der Waals surface area contributed by atoms with Crippen LogP contribution < -0.4 is 0 Å². The SMILES string of the molecule is CC(C)(C)c1ccc(C2C(C(=O)c3cccs3)C(c3cccc([N+](=O)[O-])c3)N(C(=O)C3CCC3)C2(C)C(=O)O)cc1. The number of carbonyl (C=O) groups is 3. The van der Waals surface area contributed by atoms with Crippen molar-refractivity contribution in [1.82, 2.24) is 4.90 Å². The molecular weight excluding hydrogens is 540 g/mol. The Morgan fingerprint density at radius 3 is 2.22 bits per heavy atom. The van der Waals surface area contributed by atoms with Gasteiger partial charge in [-0.1, -0.05) is 69.7 Å². The van der Waals surface area contributed by atoms with Crippen molar-refractivity contribution in [2.45, 2.75) is 69.9 Å². The first kappa shape index (κ1) is 28.7. The number of aliphatic carboxylic acids is 1. The van der Waals surface area contributed by atoms with Gasteiger partial charge in [-0.2, -0.15) is 0 Å². The lowest BCUT2D eigenvalue weighted by Gasteiger charge is -2.41. The van der Waals surface area contributed by atoms with Gasteiger partial charge >= 0.3 is 5.97 Å². The van der Waals surface area contributed by atoms with E-state index in [0.717, 1.165) is 12.0 Å². The van der Waals surface area contributed by atoms with Crippen molar-refractivity contribution in [2.75, 3.05) is 0 Å². The van der Waals surface area contributed by atoms with Gasteiger partial charge in [0.25, 0.3) is 5.69 Å². The van der Waals surface area contributed by atoms with E-state index >= 15 is 0 Å². The molecule has 1 saturated heterocycles. The second-order valence-electron chi connectivity index (χ2n) is 12.3. The Bertz CT molecular complexity index is 1490. The normalized spacial score (nSPS) is 24.6. The fourth-order valence-electron chi connectivity index (χ4n) is 6.36. The van der Waals surface area contributed by atoms with Gasteiger partial charge in [-0.3, -0.25) is 19.7 Å². The van der Waals surface area contributed by atoms with Gasteiger partial charge in [0.15, 0.2) is 5.78 Å². The molecule has 0 spiro atoms. The summed E-state index contributed by atoms with van der Waals surface area (Å²) in [4.78, 5) is 55.0. The maximum Gasteiger partial charge on any atom is 0.330 e. The minimum absolute atomic E-state index is 0.145. The monoisotopic (exact) mass is 574 g/mol. The highest BCUT2D eigenvalue weighted by Crippen LogP contribution is 2.58. The number of Topliss-reactive ketones (excluding diaryl/α,β-unsaturated/α-hetero) is 1. The standard InChI is InChI=1S/C32H34N2O6S/c1-31(2,3)22-15-13-19(14-16-22)26-25(28(35)24-12-7-17-41-24)27(21-10-6-11-23(18-21)34(39)40)33(32(26,4)30(37)38)29(36)20-8-5-9-20/h6-7,10-18,20,25-27H,5,8-9H2,1-4H3,(H,37,38). The summed E-state index contributed by atoms with van der Waals surface area (Å²) < 4.78 is 0. The fourth-order valence-corrected chi connectivity index (χ4v) is 7.08. The Hall–Kier alpha value is -3.85.